The van der Waals surface area contributed by atoms with Crippen LogP contribution in [0.2, 0.25) is 0 Å². The number of aromatic nitrogens is 1. The highest BCUT2D eigenvalue weighted by Crippen LogP contribution is 2.35. The van der Waals surface area contributed by atoms with E-state index in [9.17, 15) is 4.79 Å². The summed E-state index contributed by atoms with van der Waals surface area (Å²) in [4.78, 5) is 17.7. The monoisotopic (exact) mass is 315 g/mol. The third kappa shape index (κ3) is 3.16. The maximum atomic E-state index is 11.9. The molecule has 1 aromatic rings. The molecule has 1 aliphatic carbocycles. The predicted octanol–water partition coefficient (Wildman–Crippen LogP) is 3.94. The van der Waals surface area contributed by atoms with Crippen LogP contribution in [0.15, 0.2) is 6.20 Å². The molecular weight excluding hydrogens is 298 g/mol. The van der Waals surface area contributed by atoms with Crippen molar-refractivity contribution in [1.82, 2.24) is 4.98 Å². The highest BCUT2D eigenvalue weighted by molar-refractivity contribution is 9.09. The molecule has 0 saturated heterocycles. The quantitative estimate of drug-likeness (QED) is 0.788. The van der Waals surface area contributed by atoms with Crippen LogP contribution in [-0.4, -0.2) is 16.1 Å². The van der Waals surface area contributed by atoms with E-state index < -0.39 is 0 Å². The number of halogens is 1. The van der Waals surface area contributed by atoms with Crippen LogP contribution in [0.1, 0.15) is 48.4 Å². The molecule has 0 aliphatic heterocycles. The second-order valence-electron chi connectivity index (χ2n) is 4.71. The number of Topliss-reactive ketones (excluding diaryl/α,β-unsaturated/α-hetero) is 1. The van der Waals surface area contributed by atoms with Crippen LogP contribution in [-0.2, 0) is 11.2 Å². The Morgan fingerprint density at radius 1 is 1.59 bits per heavy atom. The second kappa shape index (κ2) is 6.10. The molecular formula is C13H18BrNOS. The van der Waals surface area contributed by atoms with Gasteiger partial charge in [0.2, 0.25) is 0 Å². The number of hydrogen-bond acceptors (Lipinski definition) is 3. The molecule has 2 unspecified atom stereocenters. The SMILES string of the molecule is CC(c1ncc(CCBr)s1)C1CCCCC1=O. The number of carbonyl (C=O) groups is 1. The molecule has 1 aliphatic rings. The van der Waals surface area contributed by atoms with Gasteiger partial charge >= 0.3 is 0 Å². The zero-order valence-electron chi connectivity index (χ0n) is 10.1. The number of ketones is 1. The van der Waals surface area contributed by atoms with Gasteiger partial charge in [0.05, 0.1) is 5.01 Å². The van der Waals surface area contributed by atoms with Crippen molar-refractivity contribution in [1.29, 1.82) is 0 Å². The summed E-state index contributed by atoms with van der Waals surface area (Å²) in [6.45, 7) is 2.16. The Labute approximate surface area is 115 Å². The molecule has 2 nitrogen and oxygen atoms in total. The van der Waals surface area contributed by atoms with Crippen molar-refractivity contribution >= 4 is 33.0 Å². The minimum Gasteiger partial charge on any atom is -0.299 e. The molecule has 0 amide bonds. The summed E-state index contributed by atoms with van der Waals surface area (Å²) in [6.07, 6.45) is 7.09. The van der Waals surface area contributed by atoms with E-state index in [0.717, 1.165) is 36.0 Å². The van der Waals surface area contributed by atoms with Gasteiger partial charge in [0.1, 0.15) is 5.78 Å². The lowest BCUT2D eigenvalue weighted by atomic mass is 9.80. The molecule has 0 N–H and O–H groups in total. The normalized spacial score (nSPS) is 22.7. The number of aryl methyl sites for hydroxylation is 1. The van der Waals surface area contributed by atoms with Gasteiger partial charge in [0, 0.05) is 34.7 Å². The fraction of sp³-hybridized carbons (Fsp3) is 0.692. The molecule has 0 radical (unpaired) electrons. The topological polar surface area (TPSA) is 30.0 Å². The molecule has 1 saturated carbocycles. The number of rotatable bonds is 4. The zero-order chi connectivity index (χ0) is 12.3. The highest BCUT2D eigenvalue weighted by atomic mass is 79.9. The van der Waals surface area contributed by atoms with E-state index in [2.05, 4.69) is 27.8 Å². The van der Waals surface area contributed by atoms with Crippen molar-refractivity contribution in [2.75, 3.05) is 5.33 Å². The summed E-state index contributed by atoms with van der Waals surface area (Å²) in [7, 11) is 0. The van der Waals surface area contributed by atoms with Crippen LogP contribution in [0, 0.1) is 5.92 Å². The molecule has 17 heavy (non-hydrogen) atoms. The van der Waals surface area contributed by atoms with Gasteiger partial charge < -0.3 is 0 Å². The molecule has 2 atom stereocenters. The van der Waals surface area contributed by atoms with Gasteiger partial charge in [0.25, 0.3) is 0 Å². The number of hydrogen-bond donors (Lipinski definition) is 0. The van der Waals surface area contributed by atoms with E-state index in [-0.39, 0.29) is 5.92 Å². The lowest BCUT2D eigenvalue weighted by molar-refractivity contribution is -0.125. The average Bonchev–Trinajstić information content (AvgIpc) is 2.78. The van der Waals surface area contributed by atoms with Gasteiger partial charge in [-0.15, -0.1) is 11.3 Å². The highest BCUT2D eigenvalue weighted by Gasteiger charge is 2.29. The van der Waals surface area contributed by atoms with E-state index in [4.69, 9.17) is 0 Å². The minimum absolute atomic E-state index is 0.215. The molecule has 0 spiro atoms. The summed E-state index contributed by atoms with van der Waals surface area (Å²) < 4.78 is 0. The molecule has 0 aromatic carbocycles. The Morgan fingerprint density at radius 2 is 2.41 bits per heavy atom. The van der Waals surface area contributed by atoms with Crippen molar-refractivity contribution in [2.45, 2.75) is 44.9 Å². The van der Waals surface area contributed by atoms with E-state index >= 15 is 0 Å². The van der Waals surface area contributed by atoms with Gasteiger partial charge in [-0.3, -0.25) is 4.79 Å². The maximum Gasteiger partial charge on any atom is 0.136 e. The predicted molar refractivity (Wildman–Crippen MR) is 75.0 cm³/mol. The van der Waals surface area contributed by atoms with Crippen molar-refractivity contribution in [2.24, 2.45) is 5.92 Å². The number of alkyl halides is 1. The third-order valence-electron chi connectivity index (χ3n) is 3.51. The molecule has 1 fully saturated rings. The van der Waals surface area contributed by atoms with Crippen LogP contribution < -0.4 is 0 Å². The first kappa shape index (κ1) is 13.2. The first-order valence-electron chi connectivity index (χ1n) is 6.25. The first-order valence-corrected chi connectivity index (χ1v) is 8.19. The Kier molecular flexibility index (Phi) is 4.74. The minimum atomic E-state index is 0.215. The average molecular weight is 316 g/mol. The molecule has 1 aromatic heterocycles. The summed E-state index contributed by atoms with van der Waals surface area (Å²) in [5.41, 5.74) is 0. The van der Waals surface area contributed by atoms with E-state index in [1.165, 1.54) is 11.3 Å². The Morgan fingerprint density at radius 3 is 3.12 bits per heavy atom. The van der Waals surface area contributed by atoms with Crippen LogP contribution >= 0.6 is 27.3 Å². The molecule has 0 bridgehead atoms. The Hall–Kier alpha value is -0.220. The summed E-state index contributed by atoms with van der Waals surface area (Å²) in [6, 6.07) is 0. The fourth-order valence-electron chi connectivity index (χ4n) is 2.45. The molecule has 2 rings (SSSR count). The first-order chi connectivity index (χ1) is 8.22. The van der Waals surface area contributed by atoms with Crippen LogP contribution in [0.4, 0.5) is 0 Å². The van der Waals surface area contributed by atoms with Gasteiger partial charge in [-0.05, 0) is 19.3 Å². The smallest absolute Gasteiger partial charge is 0.136 e. The molecule has 4 heteroatoms. The number of thiazole rings is 1. The summed E-state index contributed by atoms with van der Waals surface area (Å²) in [5.74, 6) is 0.963. The second-order valence-corrected chi connectivity index (χ2v) is 6.65. The van der Waals surface area contributed by atoms with Crippen molar-refractivity contribution < 1.29 is 4.79 Å². The third-order valence-corrected chi connectivity index (χ3v) is 5.16. The van der Waals surface area contributed by atoms with Crippen LogP contribution in [0.25, 0.3) is 0 Å². The van der Waals surface area contributed by atoms with Crippen molar-refractivity contribution in [3.63, 3.8) is 0 Å². The van der Waals surface area contributed by atoms with Gasteiger partial charge in [-0.2, -0.15) is 0 Å². The van der Waals surface area contributed by atoms with Gasteiger partial charge in [0.15, 0.2) is 0 Å². The largest absolute Gasteiger partial charge is 0.299 e. The lowest BCUT2D eigenvalue weighted by Crippen LogP contribution is -2.24. The summed E-state index contributed by atoms with van der Waals surface area (Å²) >= 11 is 5.21. The van der Waals surface area contributed by atoms with Crippen LogP contribution in [0.5, 0.6) is 0 Å². The zero-order valence-corrected chi connectivity index (χ0v) is 12.5. The molecule has 1 heterocycles. The Bertz CT molecular complexity index is 391. The Balaban J connectivity index is 2.06. The number of nitrogens with zero attached hydrogens (tertiary/aromatic N) is 1. The van der Waals surface area contributed by atoms with E-state index in [1.807, 2.05) is 6.20 Å². The van der Waals surface area contributed by atoms with E-state index in [1.54, 1.807) is 11.3 Å². The maximum absolute atomic E-state index is 11.9. The van der Waals surface area contributed by atoms with Gasteiger partial charge in [-0.25, -0.2) is 4.98 Å². The van der Waals surface area contributed by atoms with E-state index in [0.29, 0.717) is 11.7 Å². The van der Waals surface area contributed by atoms with Crippen molar-refractivity contribution in [3.8, 4) is 0 Å². The fourth-order valence-corrected chi connectivity index (χ4v) is 4.18. The molecule has 94 valence electrons. The number of carbonyl (C=O) groups excluding carboxylic acids is 1. The lowest BCUT2D eigenvalue weighted by Gasteiger charge is -2.24. The standard InChI is InChI=1S/C13H18BrNOS/c1-9(11-4-2-3-5-12(11)16)13-15-8-10(17-13)6-7-14/h8-9,11H,2-7H2,1H3. The van der Waals surface area contributed by atoms with Crippen LogP contribution in [0.3, 0.4) is 0 Å². The van der Waals surface area contributed by atoms with Gasteiger partial charge in [-0.1, -0.05) is 29.3 Å². The summed E-state index contributed by atoms with van der Waals surface area (Å²) in [5, 5.41) is 2.12. The van der Waals surface area contributed by atoms with Crippen molar-refractivity contribution in [3.05, 3.63) is 16.1 Å².